The fourth-order valence-electron chi connectivity index (χ4n) is 1.74. The first kappa shape index (κ1) is 12.2. The molecule has 4 nitrogen and oxygen atoms in total. The van der Waals surface area contributed by atoms with Gasteiger partial charge >= 0.3 is 0 Å². The van der Waals surface area contributed by atoms with Gasteiger partial charge in [-0.15, -0.1) is 5.10 Å². The van der Waals surface area contributed by atoms with Crippen molar-refractivity contribution in [3.63, 3.8) is 0 Å². The zero-order valence-electron chi connectivity index (χ0n) is 9.97. The van der Waals surface area contributed by atoms with E-state index in [4.69, 9.17) is 5.84 Å². The van der Waals surface area contributed by atoms with Gasteiger partial charge in [0.25, 0.3) is 0 Å². The van der Waals surface area contributed by atoms with Crippen LogP contribution in [0.1, 0.15) is 28.4 Å². The van der Waals surface area contributed by atoms with Crippen molar-refractivity contribution in [1.82, 2.24) is 15.0 Å². The molecule has 5 heteroatoms. The molecule has 0 aliphatic rings. The van der Waals surface area contributed by atoms with Gasteiger partial charge in [-0.05, 0) is 48.5 Å². The standard InChI is InChI=1S/C12H16N4S/c1-8-3-4-10(5-9(8)2)6-11(14-13)12-7-17-16-15-12/h3-5,7,11,14H,6,13H2,1-2H3. The number of hydrazine groups is 1. The van der Waals surface area contributed by atoms with E-state index in [0.717, 1.165) is 12.1 Å². The number of nitrogens with two attached hydrogens (primary N) is 1. The SMILES string of the molecule is Cc1ccc(CC(NN)c2csnn2)cc1C. The van der Waals surface area contributed by atoms with Gasteiger partial charge in [-0.25, -0.2) is 0 Å². The largest absolute Gasteiger partial charge is 0.271 e. The quantitative estimate of drug-likeness (QED) is 0.641. The Labute approximate surface area is 105 Å². The fourth-order valence-corrected chi connectivity index (χ4v) is 2.25. The topological polar surface area (TPSA) is 63.8 Å². The van der Waals surface area contributed by atoms with Crippen LogP contribution < -0.4 is 11.3 Å². The lowest BCUT2D eigenvalue weighted by Crippen LogP contribution is -2.29. The van der Waals surface area contributed by atoms with Crippen LogP contribution in [0.4, 0.5) is 0 Å². The molecule has 0 saturated carbocycles. The number of hydrogen-bond donors (Lipinski definition) is 2. The molecule has 0 fully saturated rings. The molecule has 0 aliphatic heterocycles. The highest BCUT2D eigenvalue weighted by molar-refractivity contribution is 7.03. The molecule has 1 heterocycles. The van der Waals surface area contributed by atoms with E-state index in [1.165, 1.54) is 28.2 Å². The van der Waals surface area contributed by atoms with Crippen molar-refractivity contribution in [3.05, 3.63) is 46.0 Å². The zero-order chi connectivity index (χ0) is 12.3. The number of benzene rings is 1. The minimum Gasteiger partial charge on any atom is -0.271 e. The highest BCUT2D eigenvalue weighted by atomic mass is 32.1. The molecule has 1 unspecified atom stereocenters. The Morgan fingerprint density at radius 3 is 2.76 bits per heavy atom. The monoisotopic (exact) mass is 248 g/mol. The van der Waals surface area contributed by atoms with Crippen molar-refractivity contribution in [1.29, 1.82) is 0 Å². The molecule has 0 spiro atoms. The van der Waals surface area contributed by atoms with Gasteiger partial charge in [-0.1, -0.05) is 22.7 Å². The summed E-state index contributed by atoms with van der Waals surface area (Å²) in [6.45, 7) is 4.23. The number of aromatic nitrogens is 2. The summed E-state index contributed by atoms with van der Waals surface area (Å²) in [6, 6.07) is 6.49. The van der Waals surface area contributed by atoms with Crippen LogP contribution in [0.25, 0.3) is 0 Å². The maximum atomic E-state index is 5.57. The molecule has 0 aliphatic carbocycles. The Morgan fingerprint density at radius 1 is 1.35 bits per heavy atom. The molecule has 90 valence electrons. The molecule has 0 radical (unpaired) electrons. The number of aryl methyl sites for hydroxylation is 2. The van der Waals surface area contributed by atoms with Gasteiger partial charge in [-0.3, -0.25) is 11.3 Å². The van der Waals surface area contributed by atoms with Crippen molar-refractivity contribution in [3.8, 4) is 0 Å². The van der Waals surface area contributed by atoms with Crippen LogP contribution >= 0.6 is 11.5 Å². The zero-order valence-corrected chi connectivity index (χ0v) is 10.8. The summed E-state index contributed by atoms with van der Waals surface area (Å²) in [5, 5.41) is 5.97. The molecule has 17 heavy (non-hydrogen) atoms. The van der Waals surface area contributed by atoms with Crippen molar-refractivity contribution < 1.29 is 0 Å². The number of hydrogen-bond acceptors (Lipinski definition) is 5. The second kappa shape index (κ2) is 5.35. The molecular weight excluding hydrogens is 232 g/mol. The third kappa shape index (κ3) is 2.88. The summed E-state index contributed by atoms with van der Waals surface area (Å²) >= 11 is 1.34. The maximum Gasteiger partial charge on any atom is 0.0941 e. The molecular formula is C12H16N4S. The van der Waals surface area contributed by atoms with Crippen LogP contribution in [-0.2, 0) is 6.42 Å². The fraction of sp³-hybridized carbons (Fsp3) is 0.333. The van der Waals surface area contributed by atoms with Gasteiger partial charge in [0.2, 0.25) is 0 Å². The molecule has 1 aromatic carbocycles. The summed E-state index contributed by atoms with van der Waals surface area (Å²) < 4.78 is 3.86. The van der Waals surface area contributed by atoms with Gasteiger partial charge < -0.3 is 0 Å². The van der Waals surface area contributed by atoms with Crippen molar-refractivity contribution in [2.24, 2.45) is 5.84 Å². The number of nitrogens with zero attached hydrogens (tertiary/aromatic N) is 2. The van der Waals surface area contributed by atoms with E-state index in [1.807, 2.05) is 5.38 Å². The molecule has 0 bridgehead atoms. The second-order valence-corrected chi connectivity index (χ2v) is 4.78. The minimum atomic E-state index is 0.0239. The first-order chi connectivity index (χ1) is 8.20. The molecule has 1 aromatic heterocycles. The van der Waals surface area contributed by atoms with Crippen LogP contribution in [0.15, 0.2) is 23.6 Å². The predicted octanol–water partition coefficient (Wildman–Crippen LogP) is 1.90. The van der Waals surface area contributed by atoms with Crippen molar-refractivity contribution >= 4 is 11.5 Å². The van der Waals surface area contributed by atoms with Crippen LogP contribution in [-0.4, -0.2) is 9.59 Å². The first-order valence-corrected chi connectivity index (χ1v) is 6.33. The summed E-state index contributed by atoms with van der Waals surface area (Å²) in [6.07, 6.45) is 0.822. The molecule has 2 aromatic rings. The lowest BCUT2D eigenvalue weighted by atomic mass is 10.00. The Kier molecular flexibility index (Phi) is 3.83. The normalized spacial score (nSPS) is 12.6. The third-order valence-electron chi connectivity index (χ3n) is 2.95. The molecule has 0 saturated heterocycles. The second-order valence-electron chi connectivity index (χ2n) is 4.17. The van der Waals surface area contributed by atoms with Crippen molar-refractivity contribution in [2.45, 2.75) is 26.3 Å². The summed E-state index contributed by atoms with van der Waals surface area (Å²) in [7, 11) is 0. The smallest absolute Gasteiger partial charge is 0.0941 e. The summed E-state index contributed by atoms with van der Waals surface area (Å²) in [4.78, 5) is 0. The molecule has 0 amide bonds. The van der Waals surface area contributed by atoms with Gasteiger partial charge in [0.1, 0.15) is 0 Å². The number of nitrogens with one attached hydrogen (secondary N) is 1. The van der Waals surface area contributed by atoms with Crippen LogP contribution in [0, 0.1) is 13.8 Å². The average Bonchev–Trinajstić information content (AvgIpc) is 2.84. The van der Waals surface area contributed by atoms with Gasteiger partial charge in [0.05, 0.1) is 11.7 Å². The predicted molar refractivity (Wildman–Crippen MR) is 69.6 cm³/mol. The van der Waals surface area contributed by atoms with E-state index in [1.54, 1.807) is 0 Å². The number of rotatable bonds is 4. The van der Waals surface area contributed by atoms with Crippen LogP contribution in [0.3, 0.4) is 0 Å². The summed E-state index contributed by atoms with van der Waals surface area (Å²) in [5.41, 5.74) is 7.55. The molecule has 3 N–H and O–H groups in total. The highest BCUT2D eigenvalue weighted by Crippen LogP contribution is 2.18. The highest BCUT2D eigenvalue weighted by Gasteiger charge is 2.13. The van der Waals surface area contributed by atoms with E-state index < -0.39 is 0 Å². The molecule has 1 atom stereocenters. The van der Waals surface area contributed by atoms with Gasteiger partial charge in [0, 0.05) is 5.38 Å². The Bertz CT molecular complexity index is 481. The van der Waals surface area contributed by atoms with Gasteiger partial charge in [0.15, 0.2) is 0 Å². The lowest BCUT2D eigenvalue weighted by Gasteiger charge is -2.13. The molecule has 2 rings (SSSR count). The lowest BCUT2D eigenvalue weighted by molar-refractivity contribution is 0.537. The Hall–Kier alpha value is -1.30. The van der Waals surface area contributed by atoms with E-state index in [-0.39, 0.29) is 6.04 Å². The van der Waals surface area contributed by atoms with E-state index in [0.29, 0.717) is 0 Å². The summed E-state index contributed by atoms with van der Waals surface area (Å²) in [5.74, 6) is 5.57. The van der Waals surface area contributed by atoms with E-state index >= 15 is 0 Å². The minimum absolute atomic E-state index is 0.0239. The van der Waals surface area contributed by atoms with E-state index in [9.17, 15) is 0 Å². The van der Waals surface area contributed by atoms with Gasteiger partial charge in [-0.2, -0.15) is 0 Å². The van der Waals surface area contributed by atoms with E-state index in [2.05, 4.69) is 47.1 Å². The van der Waals surface area contributed by atoms with Crippen molar-refractivity contribution in [2.75, 3.05) is 0 Å². The van der Waals surface area contributed by atoms with Crippen LogP contribution in [0.5, 0.6) is 0 Å². The third-order valence-corrected chi connectivity index (χ3v) is 3.47. The average molecular weight is 248 g/mol. The Balaban J connectivity index is 2.16. The first-order valence-electron chi connectivity index (χ1n) is 5.50. The Morgan fingerprint density at radius 2 is 2.18 bits per heavy atom. The maximum absolute atomic E-state index is 5.57. The van der Waals surface area contributed by atoms with Crippen LogP contribution in [0.2, 0.25) is 0 Å².